The molecule has 0 atom stereocenters. The Morgan fingerprint density at radius 1 is 0.192 bits per heavy atom. The number of benzene rings is 10. The minimum absolute atomic E-state index is 0. The first kappa shape index (κ1) is 83.6. The summed E-state index contributed by atoms with van der Waals surface area (Å²) in [5, 5.41) is 61.3. The molecular weight excluding hydrogens is 1590 g/mol. The number of nitrogens with zero attached hydrogens (tertiary/aromatic N) is 10. The van der Waals surface area contributed by atoms with Crippen molar-refractivity contribution in [3.05, 3.63) is 328 Å². The van der Waals surface area contributed by atoms with Gasteiger partial charge in [-0.2, -0.15) is 14.2 Å². The van der Waals surface area contributed by atoms with Gasteiger partial charge < -0.3 is 61.2 Å². The Morgan fingerprint density at radius 3 is 0.404 bits per heavy atom. The molecule has 0 spiro atoms. The van der Waals surface area contributed by atoms with Crippen LogP contribution in [0.5, 0.6) is 0 Å². The molecule has 10 aromatic carbocycles. The van der Waals surface area contributed by atoms with Crippen LogP contribution in [0.15, 0.2) is 303 Å². The number of hydrogen-bond donors (Lipinski definition) is 0. The van der Waals surface area contributed by atoms with Gasteiger partial charge in [0, 0.05) is 0 Å². The summed E-state index contributed by atoms with van der Waals surface area (Å²) in [5.41, 5.74) is 17.2. The van der Waals surface area contributed by atoms with Crippen LogP contribution in [-0.2, 0) is 85.3 Å². The van der Waals surface area contributed by atoms with Crippen molar-refractivity contribution in [3.63, 3.8) is 0 Å². The summed E-state index contributed by atoms with van der Waals surface area (Å²) in [4.78, 5) is 0. The standard InChI is InChI=1S/5C15H10ClN2.2CH3O.5Cu/c5*16-13-14(11-7-3-1-4-8-11)17-18-15(13)12-9-5-2-6-10-12;2*1-2;;;;;/h5*1-10H;2*1H3;;;;;/q7*-1;3*+1;2*+2. The zero-order chi connectivity index (χ0) is 65.9. The summed E-state index contributed by atoms with van der Waals surface area (Å²) in [7, 11) is 1.50. The fraction of sp³-hybridized carbons (Fsp3) is 0.0260. The number of hydrogen-bond acceptors (Lipinski definition) is 7. The average molecular weight is 1650 g/mol. The van der Waals surface area contributed by atoms with Crippen molar-refractivity contribution in [1.29, 1.82) is 0 Å². The molecule has 99 heavy (non-hydrogen) atoms. The number of halogens is 5. The Hall–Kier alpha value is -7.78. The number of rotatable bonds is 10. The number of aromatic nitrogens is 10. The average Bonchev–Trinajstić information content (AvgIpc) is 1.72. The van der Waals surface area contributed by atoms with Crippen LogP contribution in [0.1, 0.15) is 0 Å². The van der Waals surface area contributed by atoms with E-state index in [1.807, 2.05) is 303 Å². The van der Waals surface area contributed by atoms with E-state index in [1.165, 1.54) is 0 Å². The third kappa shape index (κ3) is 22.4. The fourth-order valence-electron chi connectivity index (χ4n) is 9.30. The van der Waals surface area contributed by atoms with Gasteiger partial charge in [-0.25, -0.2) is 0 Å². The molecule has 22 heteroatoms. The van der Waals surface area contributed by atoms with Gasteiger partial charge >= 0.3 is 85.3 Å². The zero-order valence-corrected chi connectivity index (χ0v) is 60.5. The molecule has 0 aliphatic carbocycles. The summed E-state index contributed by atoms with van der Waals surface area (Å²) in [6.45, 7) is 0. The van der Waals surface area contributed by atoms with Crippen molar-refractivity contribution in [3.8, 4) is 113 Å². The van der Waals surface area contributed by atoms with Gasteiger partial charge in [0.15, 0.2) is 0 Å². The van der Waals surface area contributed by atoms with Gasteiger partial charge in [0.2, 0.25) is 0 Å². The maximum Gasteiger partial charge on any atom is 2.00 e. The minimum Gasteiger partial charge on any atom is -0.857 e. The molecule has 5 aromatic heterocycles. The largest absolute Gasteiger partial charge is 2.00 e. The predicted molar refractivity (Wildman–Crippen MR) is 379 cm³/mol. The predicted octanol–water partition coefficient (Wildman–Crippen LogP) is 18.1. The van der Waals surface area contributed by atoms with Gasteiger partial charge in [-0.05, 0) is 55.6 Å². The molecule has 0 amide bonds. The van der Waals surface area contributed by atoms with Crippen LogP contribution in [0.25, 0.3) is 113 Å². The first-order chi connectivity index (χ1) is 46.3. The second-order valence-electron chi connectivity index (χ2n) is 19.7. The van der Waals surface area contributed by atoms with Crippen molar-refractivity contribution >= 4 is 58.0 Å². The first-order valence-electron chi connectivity index (χ1n) is 29.1. The monoisotopic (exact) mass is 1640 g/mol. The molecule has 516 valence electrons. The Bertz CT molecular complexity index is 3670. The van der Waals surface area contributed by atoms with E-state index < -0.39 is 0 Å². The van der Waals surface area contributed by atoms with Gasteiger partial charge in [0.25, 0.3) is 0 Å². The third-order valence-electron chi connectivity index (χ3n) is 13.8. The molecule has 5 heterocycles. The van der Waals surface area contributed by atoms with Crippen LogP contribution in [-0.4, -0.2) is 39.7 Å². The topological polar surface area (TPSA) is 181 Å². The molecule has 15 rings (SSSR count). The molecule has 0 unspecified atom stereocenters. The van der Waals surface area contributed by atoms with E-state index in [9.17, 15) is 0 Å². The summed E-state index contributed by atoms with van der Waals surface area (Å²) >= 11 is 31.8. The summed E-state index contributed by atoms with van der Waals surface area (Å²) in [5.74, 6) is 0. The normalized spacial score (nSPS) is 9.67. The molecule has 12 nitrogen and oxygen atoms in total. The van der Waals surface area contributed by atoms with Gasteiger partial charge in [0.1, 0.15) is 0 Å². The summed E-state index contributed by atoms with van der Waals surface area (Å²) in [6.07, 6.45) is 0. The Labute approximate surface area is 653 Å². The smallest absolute Gasteiger partial charge is 0.857 e. The van der Waals surface area contributed by atoms with Crippen LogP contribution in [0, 0.1) is 0 Å². The van der Waals surface area contributed by atoms with Gasteiger partial charge in [-0.15, -0.1) is 0 Å². The molecule has 0 aliphatic heterocycles. The SMILES string of the molecule is C[O-].C[O-].Clc1c(-c2ccccc2)n[n-]c1-c1ccccc1.Clc1c(-c2ccccc2)n[n-]c1-c1ccccc1.Clc1c(-c2ccccc2)n[n-]c1-c1ccccc1.Clc1c(-c2ccccc2)n[n-]c1-c1ccccc1.Clc1c(-c2ccccc2)n[n-]c1-c1ccccc1.[Cu+2].[Cu+2].[Cu+].[Cu+].[Cu+]. The quantitative estimate of drug-likeness (QED) is 0.118. The van der Waals surface area contributed by atoms with Crippen molar-refractivity contribution in [2.45, 2.75) is 0 Å². The Balaban J connectivity index is 0.000000256. The van der Waals surface area contributed by atoms with E-state index >= 15 is 0 Å². The van der Waals surface area contributed by atoms with Crippen LogP contribution in [0.3, 0.4) is 0 Å². The van der Waals surface area contributed by atoms with Gasteiger partial charge in [0.05, 0.1) is 53.6 Å². The molecule has 0 N–H and O–H groups in total. The first-order valence-corrected chi connectivity index (χ1v) is 31.0. The molecule has 0 fully saturated rings. The van der Waals surface area contributed by atoms with Crippen LogP contribution in [0.4, 0.5) is 0 Å². The second-order valence-corrected chi connectivity index (χ2v) is 21.6. The van der Waals surface area contributed by atoms with Crippen LogP contribution < -0.4 is 35.7 Å². The van der Waals surface area contributed by atoms with Gasteiger partial charge in [-0.1, -0.05) is 390 Å². The zero-order valence-electron chi connectivity index (χ0n) is 52.1. The van der Waals surface area contributed by atoms with Crippen molar-refractivity contribution in [2.24, 2.45) is 0 Å². The van der Waals surface area contributed by atoms with Crippen molar-refractivity contribution < 1.29 is 95.6 Å². The van der Waals surface area contributed by atoms with E-state index in [-0.39, 0.29) is 85.3 Å². The molecule has 0 saturated carbocycles. The van der Waals surface area contributed by atoms with E-state index in [0.717, 1.165) is 127 Å². The van der Waals surface area contributed by atoms with E-state index in [2.05, 4.69) is 51.0 Å². The minimum atomic E-state index is 0. The van der Waals surface area contributed by atoms with Crippen LogP contribution in [0.2, 0.25) is 25.1 Å². The van der Waals surface area contributed by atoms with E-state index in [0.29, 0.717) is 25.1 Å². The molecule has 15 aromatic rings. The molecule has 2 radical (unpaired) electrons. The van der Waals surface area contributed by atoms with Crippen molar-refractivity contribution in [2.75, 3.05) is 14.2 Å². The summed E-state index contributed by atoms with van der Waals surface area (Å²) in [6, 6.07) is 98.4. The maximum atomic E-state index is 8.25. The van der Waals surface area contributed by atoms with Gasteiger partial charge in [-0.3, -0.25) is 0 Å². The molecule has 0 saturated heterocycles. The maximum absolute atomic E-state index is 8.25. The van der Waals surface area contributed by atoms with E-state index in [1.54, 1.807) is 0 Å². The Morgan fingerprint density at radius 2 is 0.293 bits per heavy atom. The van der Waals surface area contributed by atoms with Crippen LogP contribution >= 0.6 is 58.0 Å². The Kier molecular flexibility index (Phi) is 37.5. The molecule has 0 aliphatic rings. The fourth-order valence-corrected chi connectivity index (χ4v) is 10.8. The summed E-state index contributed by atoms with van der Waals surface area (Å²) < 4.78 is 0. The van der Waals surface area contributed by atoms with E-state index in [4.69, 9.17) is 68.2 Å². The van der Waals surface area contributed by atoms with Crippen molar-refractivity contribution in [1.82, 2.24) is 51.0 Å². The molecular formula is C77H56Cl5Cu5N10O2. The molecule has 0 bridgehead atoms. The third-order valence-corrected chi connectivity index (χ3v) is 15.6. The second kappa shape index (κ2) is 44.4.